The van der Waals surface area contributed by atoms with E-state index in [4.69, 9.17) is 9.47 Å². The first-order chi connectivity index (χ1) is 15.7. The average molecular weight is 493 g/mol. The van der Waals surface area contributed by atoms with Gasteiger partial charge in [0.05, 0.1) is 6.10 Å². The molecule has 1 aliphatic rings. The van der Waals surface area contributed by atoms with Gasteiger partial charge in [-0.05, 0) is 5.92 Å². The minimum atomic E-state index is -4.90. The Kier molecular flexibility index (Phi) is 6.87. The molecule has 1 aliphatic heterocycles. The van der Waals surface area contributed by atoms with Crippen molar-refractivity contribution in [2.45, 2.75) is 71.4 Å². The predicted molar refractivity (Wildman–Crippen MR) is 109 cm³/mol. The van der Waals surface area contributed by atoms with Crippen molar-refractivity contribution < 1.29 is 36.6 Å². The van der Waals surface area contributed by atoms with Crippen LogP contribution < -0.4 is 16.6 Å². The van der Waals surface area contributed by atoms with Crippen molar-refractivity contribution >= 4 is 29.0 Å². The second-order valence-electron chi connectivity index (χ2n) is 8.02. The molecule has 0 bridgehead atoms. The molecule has 0 saturated carbocycles. The minimum absolute atomic E-state index is 0.122. The molecule has 188 valence electrons. The Labute approximate surface area is 189 Å². The molecule has 3 rings (SSSR count). The van der Waals surface area contributed by atoms with E-state index < -0.39 is 83.5 Å². The number of H-pyrrole nitrogens is 1. The van der Waals surface area contributed by atoms with Crippen LogP contribution in [0.4, 0.5) is 23.5 Å². The van der Waals surface area contributed by atoms with Crippen LogP contribution in [-0.2, 0) is 25.6 Å². The number of hydrogen-bond acceptors (Lipinski definition) is 7. The summed E-state index contributed by atoms with van der Waals surface area (Å²) in [7, 11) is 0. The van der Waals surface area contributed by atoms with Gasteiger partial charge in [0.1, 0.15) is 6.54 Å². The summed E-state index contributed by atoms with van der Waals surface area (Å²) in [6, 6.07) is 0. The molecule has 11 nitrogen and oxygen atoms in total. The molecule has 15 heteroatoms. The van der Waals surface area contributed by atoms with Crippen molar-refractivity contribution in [2.75, 3.05) is 5.32 Å². The summed E-state index contributed by atoms with van der Waals surface area (Å²) in [4.78, 5) is 54.8. The molecule has 5 atom stereocenters. The molecule has 2 N–H and O–H groups in total. The number of aromatic nitrogens is 4. The third-order valence-electron chi connectivity index (χ3n) is 5.41. The summed E-state index contributed by atoms with van der Waals surface area (Å²) in [6.45, 7) is 3.63. The third kappa shape index (κ3) is 4.83. The highest BCUT2D eigenvalue weighted by molar-refractivity contribution is 5.87. The zero-order valence-corrected chi connectivity index (χ0v) is 18.6. The zero-order valence-electron chi connectivity index (χ0n) is 18.6. The molecular formula is C19H23F4N5O6. The fourth-order valence-corrected chi connectivity index (χ4v) is 3.82. The molecule has 0 unspecified atom stereocenters. The van der Waals surface area contributed by atoms with Crippen LogP contribution in [0.5, 0.6) is 0 Å². The van der Waals surface area contributed by atoms with Crippen LogP contribution >= 0.6 is 0 Å². The third-order valence-corrected chi connectivity index (χ3v) is 5.41. The lowest BCUT2D eigenvalue weighted by Crippen LogP contribution is -2.38. The van der Waals surface area contributed by atoms with Gasteiger partial charge in [0.25, 0.3) is 5.56 Å². The van der Waals surface area contributed by atoms with Gasteiger partial charge in [-0.15, -0.1) is 0 Å². The Balaban J connectivity index is 2.30. The van der Waals surface area contributed by atoms with Crippen LogP contribution in [0.25, 0.3) is 11.2 Å². The minimum Gasteiger partial charge on any atom is -0.454 e. The number of esters is 1. The fourth-order valence-electron chi connectivity index (χ4n) is 3.82. The Morgan fingerprint density at radius 2 is 1.94 bits per heavy atom. The largest absolute Gasteiger partial charge is 0.454 e. The van der Waals surface area contributed by atoms with E-state index in [1.807, 2.05) is 0 Å². The summed E-state index contributed by atoms with van der Waals surface area (Å²) in [5, 5.41) is 2.17. The van der Waals surface area contributed by atoms with Gasteiger partial charge in [0.15, 0.2) is 29.7 Å². The van der Waals surface area contributed by atoms with Crippen molar-refractivity contribution in [3.8, 4) is 0 Å². The summed E-state index contributed by atoms with van der Waals surface area (Å²) < 4.78 is 66.4. The molecule has 0 spiro atoms. The number of anilines is 1. The van der Waals surface area contributed by atoms with Gasteiger partial charge in [-0.2, -0.15) is 18.2 Å². The molecule has 2 aromatic heterocycles. The van der Waals surface area contributed by atoms with Gasteiger partial charge in [-0.1, -0.05) is 20.3 Å². The van der Waals surface area contributed by atoms with Crippen molar-refractivity contribution in [3.63, 3.8) is 0 Å². The number of nitrogens with one attached hydrogen (secondary N) is 2. The van der Waals surface area contributed by atoms with Crippen LogP contribution in [0.15, 0.2) is 9.59 Å². The molecule has 1 amide bonds. The monoisotopic (exact) mass is 493 g/mol. The number of rotatable bonds is 6. The van der Waals surface area contributed by atoms with Gasteiger partial charge in [0.2, 0.25) is 11.9 Å². The summed E-state index contributed by atoms with van der Waals surface area (Å²) in [5.41, 5.74) is -3.93. The van der Waals surface area contributed by atoms with Crippen molar-refractivity contribution in [2.24, 2.45) is 5.92 Å². The van der Waals surface area contributed by atoms with Crippen LogP contribution in [0.2, 0.25) is 0 Å². The van der Waals surface area contributed by atoms with Crippen LogP contribution in [0.1, 0.15) is 40.3 Å². The topological polar surface area (TPSA) is 137 Å². The van der Waals surface area contributed by atoms with E-state index in [-0.39, 0.29) is 4.57 Å². The van der Waals surface area contributed by atoms with Crippen LogP contribution in [0.3, 0.4) is 0 Å². The molecule has 0 aliphatic carbocycles. The lowest BCUT2D eigenvalue weighted by Gasteiger charge is -2.20. The molecular weight excluding hydrogens is 470 g/mol. The lowest BCUT2D eigenvalue weighted by atomic mass is 9.97. The van der Waals surface area contributed by atoms with E-state index in [0.29, 0.717) is 11.0 Å². The maximum Gasteiger partial charge on any atom is 0.406 e. The van der Waals surface area contributed by atoms with E-state index in [2.05, 4.69) is 15.3 Å². The molecule has 34 heavy (non-hydrogen) atoms. The summed E-state index contributed by atoms with van der Waals surface area (Å²) >= 11 is 0. The van der Waals surface area contributed by atoms with Crippen LogP contribution in [0, 0.1) is 5.92 Å². The van der Waals surface area contributed by atoms with Gasteiger partial charge in [-0.25, -0.2) is 13.8 Å². The van der Waals surface area contributed by atoms with Gasteiger partial charge in [0, 0.05) is 13.8 Å². The molecule has 0 radical (unpaired) electrons. The number of carbonyl (C=O) groups excluding carboxylic acids is 2. The van der Waals surface area contributed by atoms with Crippen LogP contribution in [-0.4, -0.2) is 55.5 Å². The normalized spacial score (nSPS) is 23.8. The maximum atomic E-state index is 15.3. The van der Waals surface area contributed by atoms with E-state index in [1.54, 1.807) is 13.8 Å². The van der Waals surface area contributed by atoms with Crippen molar-refractivity contribution in [1.29, 1.82) is 0 Å². The highest BCUT2D eigenvalue weighted by Gasteiger charge is 2.51. The number of fused-ring (bicyclic) bond motifs is 1. The van der Waals surface area contributed by atoms with E-state index in [9.17, 15) is 32.3 Å². The highest BCUT2D eigenvalue weighted by Crippen LogP contribution is 2.38. The number of hydrogen-bond donors (Lipinski definition) is 2. The second kappa shape index (κ2) is 9.19. The number of imidazole rings is 1. The van der Waals surface area contributed by atoms with Gasteiger partial charge >= 0.3 is 17.8 Å². The first-order valence-corrected chi connectivity index (χ1v) is 10.3. The molecule has 2 aromatic rings. The number of amides is 1. The number of alkyl halides is 4. The fraction of sp³-hybridized carbons (Fsp3) is 0.632. The Bertz CT molecular complexity index is 1220. The number of nitrogens with zero attached hydrogens (tertiary/aromatic N) is 3. The standard InChI is InChI=1S/C19H23F4N5O6/c1-5-7(2)12-10(20)13(33-9(4)30)16(34-12)28-14-11(27(18(28)32)6-19(21,22)23)15(31)26-17(25-14)24-8(3)29/h7,10,12-13,16H,5-6H2,1-4H3,(H2,24,25,26,29,31)/t7-,10-,12+,13+,16+/m0/s1. The molecule has 1 saturated heterocycles. The van der Waals surface area contributed by atoms with E-state index in [0.717, 1.165) is 13.8 Å². The van der Waals surface area contributed by atoms with Gasteiger partial charge in [-0.3, -0.25) is 29.3 Å². The number of ether oxygens (including phenoxy) is 2. The Hall–Kier alpha value is -3.23. The predicted octanol–water partition coefficient (Wildman–Crippen LogP) is 1.62. The quantitative estimate of drug-likeness (QED) is 0.461. The van der Waals surface area contributed by atoms with E-state index >= 15 is 4.39 Å². The number of carbonyl (C=O) groups is 2. The van der Waals surface area contributed by atoms with Gasteiger partial charge < -0.3 is 9.47 Å². The zero-order chi connectivity index (χ0) is 25.5. The first-order valence-electron chi connectivity index (χ1n) is 10.3. The van der Waals surface area contributed by atoms with E-state index in [1.165, 1.54) is 0 Å². The maximum absolute atomic E-state index is 15.3. The highest BCUT2D eigenvalue weighted by atomic mass is 19.4. The van der Waals surface area contributed by atoms with Crippen molar-refractivity contribution in [1.82, 2.24) is 19.1 Å². The second-order valence-corrected chi connectivity index (χ2v) is 8.02. The molecule has 1 fully saturated rings. The first kappa shape index (κ1) is 25.4. The summed E-state index contributed by atoms with van der Waals surface area (Å²) in [5.74, 6) is -2.45. The summed E-state index contributed by atoms with van der Waals surface area (Å²) in [6.07, 6.45) is -11.0. The number of aromatic amines is 1. The molecule has 3 heterocycles. The Morgan fingerprint density at radius 3 is 2.47 bits per heavy atom. The van der Waals surface area contributed by atoms with Crippen molar-refractivity contribution in [3.05, 3.63) is 20.8 Å². The Morgan fingerprint density at radius 1 is 1.29 bits per heavy atom. The average Bonchev–Trinajstić information content (AvgIpc) is 3.14. The smallest absolute Gasteiger partial charge is 0.406 e. The lowest BCUT2D eigenvalue weighted by molar-refractivity contribution is -0.154. The SMILES string of the molecule is CC[C@H](C)[C@H]1O[C@@H](n2c(=O)n(CC(F)(F)F)c3c(=O)[nH]c(NC(C)=O)nc32)[C@H](OC(C)=O)[C@H]1F. The number of halogens is 4. The molecule has 0 aromatic carbocycles.